The highest BCUT2D eigenvalue weighted by Gasteiger charge is 2.47. The van der Waals surface area contributed by atoms with Crippen molar-refractivity contribution in [3.8, 4) is 0 Å². The predicted octanol–water partition coefficient (Wildman–Crippen LogP) is 3.32. The highest BCUT2D eigenvalue weighted by molar-refractivity contribution is 5.79. The maximum absolute atomic E-state index is 11.6. The third-order valence-electron chi connectivity index (χ3n) is 4.99. The zero-order valence-corrected chi connectivity index (χ0v) is 12.5. The van der Waals surface area contributed by atoms with Gasteiger partial charge in [0.2, 0.25) is 0 Å². The third-order valence-corrected chi connectivity index (χ3v) is 4.99. The Bertz CT molecular complexity index is 486. The molecule has 2 aliphatic rings. The molecule has 0 aromatic rings. The van der Waals surface area contributed by atoms with Crippen LogP contribution in [0.1, 0.15) is 40.0 Å². The molecule has 0 aromatic heterocycles. The van der Waals surface area contributed by atoms with Gasteiger partial charge in [0.15, 0.2) is 0 Å². The summed E-state index contributed by atoms with van der Waals surface area (Å²) in [5, 5.41) is 20.0. The molecule has 0 bridgehead atoms. The summed E-state index contributed by atoms with van der Waals surface area (Å²) in [5.74, 6) is -1.12. The Morgan fingerprint density at radius 1 is 1.40 bits per heavy atom. The maximum Gasteiger partial charge on any atom is 0.316 e. The Morgan fingerprint density at radius 3 is 2.55 bits per heavy atom. The van der Waals surface area contributed by atoms with Crippen LogP contribution in [0.3, 0.4) is 0 Å². The number of carboxylic acids is 1. The van der Waals surface area contributed by atoms with Crippen LogP contribution in [-0.4, -0.2) is 22.3 Å². The largest absolute Gasteiger partial charge is 0.481 e. The van der Waals surface area contributed by atoms with E-state index in [0.717, 1.165) is 24.8 Å². The van der Waals surface area contributed by atoms with Gasteiger partial charge in [0.25, 0.3) is 0 Å². The minimum Gasteiger partial charge on any atom is -0.481 e. The van der Waals surface area contributed by atoms with Crippen LogP contribution in [0.5, 0.6) is 0 Å². The fraction of sp³-hybridized carbons (Fsp3) is 0.588. The highest BCUT2D eigenvalue weighted by Crippen LogP contribution is 2.45. The topological polar surface area (TPSA) is 57.5 Å². The lowest BCUT2D eigenvalue weighted by Crippen LogP contribution is -2.46. The lowest BCUT2D eigenvalue weighted by molar-refractivity contribution is -0.153. The van der Waals surface area contributed by atoms with Gasteiger partial charge in [0, 0.05) is 0 Å². The third kappa shape index (κ3) is 2.24. The Kier molecular flexibility index (Phi) is 3.92. The number of carbonyl (C=O) groups is 1. The first-order chi connectivity index (χ1) is 9.33. The summed E-state index contributed by atoms with van der Waals surface area (Å²) in [5.41, 5.74) is -0.134. The van der Waals surface area contributed by atoms with Crippen molar-refractivity contribution < 1.29 is 15.0 Å². The molecule has 0 radical (unpaired) electrons. The minimum atomic E-state index is -1.20. The molecule has 2 aliphatic carbocycles. The molecule has 0 aromatic carbocycles. The minimum absolute atomic E-state index is 0.00781. The molecular formula is C17H24O3. The average molecular weight is 276 g/mol. The van der Waals surface area contributed by atoms with Crippen LogP contribution in [0.2, 0.25) is 0 Å². The molecule has 2 rings (SSSR count). The van der Waals surface area contributed by atoms with Crippen molar-refractivity contribution in [2.75, 3.05) is 0 Å². The molecule has 20 heavy (non-hydrogen) atoms. The molecule has 0 amide bonds. The first-order valence-corrected chi connectivity index (χ1v) is 7.31. The molecule has 0 heterocycles. The van der Waals surface area contributed by atoms with Crippen LogP contribution in [0.25, 0.3) is 0 Å². The summed E-state index contributed by atoms with van der Waals surface area (Å²) in [6.45, 7) is 5.86. The van der Waals surface area contributed by atoms with Gasteiger partial charge in [-0.3, -0.25) is 4.79 Å². The first kappa shape index (κ1) is 15.0. The number of allylic oxidation sites excluding steroid dienone is 4. The lowest BCUT2D eigenvalue weighted by Gasteiger charge is -2.40. The number of aliphatic carboxylic acids is 1. The Balaban J connectivity index is 2.34. The molecule has 3 nitrogen and oxygen atoms in total. The summed E-state index contributed by atoms with van der Waals surface area (Å²) in [7, 11) is 0. The van der Waals surface area contributed by atoms with E-state index in [2.05, 4.69) is 19.1 Å². The Morgan fingerprint density at radius 2 is 2.10 bits per heavy atom. The van der Waals surface area contributed by atoms with Crippen LogP contribution in [-0.2, 0) is 4.79 Å². The fourth-order valence-electron chi connectivity index (χ4n) is 3.30. The van der Waals surface area contributed by atoms with Crippen molar-refractivity contribution in [3.05, 3.63) is 36.0 Å². The second-order valence-corrected chi connectivity index (χ2v) is 6.57. The molecule has 110 valence electrons. The van der Waals surface area contributed by atoms with Crippen LogP contribution in [0.15, 0.2) is 36.0 Å². The van der Waals surface area contributed by atoms with Gasteiger partial charge < -0.3 is 10.2 Å². The number of carboxylic acid groups (broad SMARTS) is 1. The van der Waals surface area contributed by atoms with Gasteiger partial charge in [-0.05, 0) is 36.2 Å². The van der Waals surface area contributed by atoms with E-state index in [1.165, 1.54) is 0 Å². The van der Waals surface area contributed by atoms with Crippen LogP contribution in [0.4, 0.5) is 0 Å². The van der Waals surface area contributed by atoms with E-state index in [9.17, 15) is 15.0 Å². The summed E-state index contributed by atoms with van der Waals surface area (Å²) < 4.78 is 0. The average Bonchev–Trinajstić information content (AvgIpc) is 2.38. The van der Waals surface area contributed by atoms with E-state index < -0.39 is 17.5 Å². The van der Waals surface area contributed by atoms with E-state index in [1.54, 1.807) is 12.2 Å². The zero-order chi connectivity index (χ0) is 15.0. The smallest absolute Gasteiger partial charge is 0.316 e. The van der Waals surface area contributed by atoms with Gasteiger partial charge in [-0.25, -0.2) is 0 Å². The van der Waals surface area contributed by atoms with Crippen molar-refractivity contribution in [3.63, 3.8) is 0 Å². The Hall–Kier alpha value is -1.35. The van der Waals surface area contributed by atoms with Crippen molar-refractivity contribution in [1.82, 2.24) is 0 Å². The van der Waals surface area contributed by atoms with E-state index in [4.69, 9.17) is 0 Å². The van der Waals surface area contributed by atoms with Gasteiger partial charge in [-0.2, -0.15) is 0 Å². The number of hydrogen-bond donors (Lipinski definition) is 2. The molecule has 2 N–H and O–H groups in total. The van der Waals surface area contributed by atoms with Gasteiger partial charge >= 0.3 is 5.97 Å². The SMILES string of the molecule is CC(C)C1(C(=O)O)C=CC(C2(C)CC=CCC2)=CC1O. The molecule has 0 saturated carbocycles. The van der Waals surface area contributed by atoms with Crippen molar-refractivity contribution in [2.24, 2.45) is 16.7 Å². The standard InChI is InChI=1S/C17H24O3/c1-12(2)17(15(19)20)10-7-13(11-14(17)18)16(3)8-5-4-6-9-16/h4-5,7,10-12,14,18H,6,8-9H2,1-3H3,(H,19,20). The Labute approximate surface area is 120 Å². The van der Waals surface area contributed by atoms with E-state index in [-0.39, 0.29) is 11.3 Å². The quantitative estimate of drug-likeness (QED) is 0.777. The van der Waals surface area contributed by atoms with Gasteiger partial charge in [-0.15, -0.1) is 0 Å². The number of aliphatic hydroxyl groups excluding tert-OH is 1. The van der Waals surface area contributed by atoms with Crippen molar-refractivity contribution in [1.29, 1.82) is 0 Å². The van der Waals surface area contributed by atoms with Gasteiger partial charge in [-0.1, -0.05) is 51.2 Å². The normalized spacial score (nSPS) is 37.0. The predicted molar refractivity (Wildman–Crippen MR) is 79.2 cm³/mol. The van der Waals surface area contributed by atoms with Gasteiger partial charge in [0.05, 0.1) is 6.10 Å². The molecule has 0 saturated heterocycles. The number of aliphatic hydroxyl groups is 1. The van der Waals surface area contributed by atoms with Gasteiger partial charge in [0.1, 0.15) is 5.41 Å². The number of hydrogen-bond acceptors (Lipinski definition) is 2. The van der Waals surface area contributed by atoms with Crippen LogP contribution < -0.4 is 0 Å². The van der Waals surface area contributed by atoms with Crippen molar-refractivity contribution in [2.45, 2.75) is 46.1 Å². The molecular weight excluding hydrogens is 252 g/mol. The fourth-order valence-corrected chi connectivity index (χ4v) is 3.30. The van der Waals surface area contributed by atoms with E-state index in [0.29, 0.717) is 0 Å². The summed E-state index contributed by atoms with van der Waals surface area (Å²) in [6.07, 6.45) is 11.8. The van der Waals surface area contributed by atoms with Crippen LogP contribution in [0, 0.1) is 16.7 Å². The van der Waals surface area contributed by atoms with Crippen molar-refractivity contribution >= 4 is 5.97 Å². The summed E-state index contributed by atoms with van der Waals surface area (Å²) in [6, 6.07) is 0. The molecule has 0 spiro atoms. The molecule has 3 heteroatoms. The molecule has 3 atom stereocenters. The molecule has 0 fully saturated rings. The maximum atomic E-state index is 11.6. The lowest BCUT2D eigenvalue weighted by atomic mass is 9.65. The first-order valence-electron chi connectivity index (χ1n) is 7.31. The zero-order valence-electron chi connectivity index (χ0n) is 12.5. The van der Waals surface area contributed by atoms with E-state index in [1.807, 2.05) is 19.9 Å². The highest BCUT2D eigenvalue weighted by atomic mass is 16.4. The molecule has 0 aliphatic heterocycles. The monoisotopic (exact) mass is 276 g/mol. The number of rotatable bonds is 3. The van der Waals surface area contributed by atoms with Crippen LogP contribution >= 0.6 is 0 Å². The second kappa shape index (κ2) is 5.21. The van der Waals surface area contributed by atoms with E-state index >= 15 is 0 Å². The molecule has 3 unspecified atom stereocenters. The summed E-state index contributed by atoms with van der Waals surface area (Å²) >= 11 is 0. The second-order valence-electron chi connectivity index (χ2n) is 6.57. The summed E-state index contributed by atoms with van der Waals surface area (Å²) in [4.78, 5) is 11.6.